The van der Waals surface area contributed by atoms with Crippen LogP contribution < -0.4 is 10.6 Å². The van der Waals surface area contributed by atoms with Crippen LogP contribution in [0.4, 0.5) is 0 Å². The SMILES string of the molecule is Cc1ccc(C(=O)N/C(=C\c2ccco2)C(=O)NC[C@@H]2CCCO2)cc1C. The van der Waals surface area contributed by atoms with Gasteiger partial charge in [0, 0.05) is 24.8 Å². The standard InChI is InChI=1S/C21H24N2O4/c1-14-7-8-16(11-15(14)2)20(24)23-19(12-17-5-3-9-26-17)21(25)22-13-18-6-4-10-27-18/h3,5,7-9,11-12,18H,4,6,10,13H2,1-2H3,(H,22,25)(H,23,24)/b19-12-/t18-/m0/s1. The van der Waals surface area contributed by atoms with Crippen LogP contribution in [0.25, 0.3) is 6.08 Å². The van der Waals surface area contributed by atoms with Crippen LogP contribution in [-0.4, -0.2) is 31.1 Å². The summed E-state index contributed by atoms with van der Waals surface area (Å²) in [6.45, 7) is 5.06. The molecule has 2 amide bonds. The molecule has 1 aromatic carbocycles. The Morgan fingerprint density at radius 2 is 2.07 bits per heavy atom. The molecule has 142 valence electrons. The highest BCUT2D eigenvalue weighted by molar-refractivity contribution is 6.05. The predicted molar refractivity (Wildman–Crippen MR) is 102 cm³/mol. The van der Waals surface area contributed by atoms with E-state index in [1.807, 2.05) is 19.9 Å². The highest BCUT2D eigenvalue weighted by Crippen LogP contribution is 2.13. The van der Waals surface area contributed by atoms with Crippen LogP contribution in [0.2, 0.25) is 0 Å². The maximum absolute atomic E-state index is 12.6. The lowest BCUT2D eigenvalue weighted by atomic mass is 10.1. The number of hydrogen-bond acceptors (Lipinski definition) is 4. The molecule has 1 aromatic heterocycles. The van der Waals surface area contributed by atoms with E-state index >= 15 is 0 Å². The molecule has 6 nitrogen and oxygen atoms in total. The van der Waals surface area contributed by atoms with E-state index in [2.05, 4.69) is 10.6 Å². The van der Waals surface area contributed by atoms with Gasteiger partial charge in [0.1, 0.15) is 11.5 Å². The first-order chi connectivity index (χ1) is 13.0. The molecule has 1 saturated heterocycles. The summed E-state index contributed by atoms with van der Waals surface area (Å²) >= 11 is 0. The van der Waals surface area contributed by atoms with Crippen molar-refractivity contribution in [2.75, 3.05) is 13.2 Å². The van der Waals surface area contributed by atoms with Crippen molar-refractivity contribution >= 4 is 17.9 Å². The molecular formula is C21H24N2O4. The summed E-state index contributed by atoms with van der Waals surface area (Å²) in [4.78, 5) is 25.2. The largest absolute Gasteiger partial charge is 0.465 e. The number of nitrogens with one attached hydrogen (secondary N) is 2. The van der Waals surface area contributed by atoms with Crippen LogP contribution in [0.3, 0.4) is 0 Å². The van der Waals surface area contributed by atoms with Gasteiger partial charge in [0.25, 0.3) is 11.8 Å². The summed E-state index contributed by atoms with van der Waals surface area (Å²) in [6, 6.07) is 8.87. The zero-order valence-electron chi connectivity index (χ0n) is 15.6. The summed E-state index contributed by atoms with van der Waals surface area (Å²) in [5.74, 6) is -0.236. The van der Waals surface area contributed by atoms with E-state index in [0.717, 1.165) is 30.6 Å². The fourth-order valence-electron chi connectivity index (χ4n) is 2.86. The molecule has 0 bridgehead atoms. The molecule has 0 saturated carbocycles. The Labute approximate surface area is 158 Å². The second kappa shape index (κ2) is 8.68. The molecule has 0 radical (unpaired) electrons. The van der Waals surface area contributed by atoms with Crippen LogP contribution in [0.1, 0.15) is 40.1 Å². The number of carbonyl (C=O) groups excluding carboxylic acids is 2. The van der Waals surface area contributed by atoms with E-state index in [-0.39, 0.29) is 23.6 Å². The first-order valence-electron chi connectivity index (χ1n) is 9.06. The summed E-state index contributed by atoms with van der Waals surface area (Å²) in [5.41, 5.74) is 2.75. The van der Waals surface area contributed by atoms with Gasteiger partial charge in [-0.1, -0.05) is 6.07 Å². The van der Waals surface area contributed by atoms with Gasteiger partial charge in [0.15, 0.2) is 0 Å². The fourth-order valence-corrected chi connectivity index (χ4v) is 2.86. The lowest BCUT2D eigenvalue weighted by Crippen LogP contribution is -2.38. The minimum atomic E-state index is -0.376. The molecular weight excluding hydrogens is 344 g/mol. The molecule has 1 fully saturated rings. The average Bonchev–Trinajstić information content (AvgIpc) is 3.35. The molecule has 0 spiro atoms. The third kappa shape index (κ3) is 5.08. The van der Waals surface area contributed by atoms with Crippen molar-refractivity contribution < 1.29 is 18.7 Å². The topological polar surface area (TPSA) is 80.6 Å². The van der Waals surface area contributed by atoms with Crippen molar-refractivity contribution in [1.29, 1.82) is 0 Å². The molecule has 3 rings (SSSR count). The van der Waals surface area contributed by atoms with Gasteiger partial charge in [0.2, 0.25) is 0 Å². The minimum Gasteiger partial charge on any atom is -0.465 e. The third-order valence-electron chi connectivity index (χ3n) is 4.61. The second-order valence-electron chi connectivity index (χ2n) is 6.67. The number of furan rings is 1. The van der Waals surface area contributed by atoms with Crippen molar-refractivity contribution in [2.45, 2.75) is 32.8 Å². The molecule has 0 aliphatic carbocycles. The lowest BCUT2D eigenvalue weighted by Gasteiger charge is -2.14. The average molecular weight is 368 g/mol. The lowest BCUT2D eigenvalue weighted by molar-refractivity contribution is -0.118. The first kappa shape index (κ1) is 18.9. The summed E-state index contributed by atoms with van der Waals surface area (Å²) in [6.07, 6.45) is 4.98. The Morgan fingerprint density at radius 3 is 2.74 bits per heavy atom. The molecule has 2 N–H and O–H groups in total. The second-order valence-corrected chi connectivity index (χ2v) is 6.67. The third-order valence-corrected chi connectivity index (χ3v) is 4.61. The van der Waals surface area contributed by atoms with E-state index in [4.69, 9.17) is 9.15 Å². The van der Waals surface area contributed by atoms with Gasteiger partial charge in [-0.2, -0.15) is 0 Å². The van der Waals surface area contributed by atoms with Crippen LogP contribution in [0.5, 0.6) is 0 Å². The molecule has 2 aromatic rings. The van der Waals surface area contributed by atoms with E-state index in [9.17, 15) is 9.59 Å². The molecule has 6 heteroatoms. The number of benzene rings is 1. The highest BCUT2D eigenvalue weighted by Gasteiger charge is 2.19. The number of carbonyl (C=O) groups is 2. The van der Waals surface area contributed by atoms with Crippen molar-refractivity contribution in [1.82, 2.24) is 10.6 Å². The zero-order chi connectivity index (χ0) is 19.2. The Balaban J connectivity index is 1.73. The van der Waals surface area contributed by atoms with Crippen molar-refractivity contribution in [2.24, 2.45) is 0 Å². The molecule has 1 atom stereocenters. The summed E-state index contributed by atoms with van der Waals surface area (Å²) in [5, 5.41) is 5.53. The smallest absolute Gasteiger partial charge is 0.268 e. The number of aryl methyl sites for hydroxylation is 2. The zero-order valence-corrected chi connectivity index (χ0v) is 15.6. The monoisotopic (exact) mass is 368 g/mol. The Kier molecular flexibility index (Phi) is 6.08. The Morgan fingerprint density at radius 1 is 1.22 bits per heavy atom. The number of ether oxygens (including phenoxy) is 1. The van der Waals surface area contributed by atoms with Gasteiger partial charge in [-0.05, 0) is 62.1 Å². The van der Waals surface area contributed by atoms with E-state index in [0.29, 0.717) is 17.9 Å². The normalized spacial score (nSPS) is 17.0. The quantitative estimate of drug-likeness (QED) is 0.768. The van der Waals surface area contributed by atoms with Gasteiger partial charge in [-0.15, -0.1) is 0 Å². The van der Waals surface area contributed by atoms with Gasteiger partial charge < -0.3 is 19.8 Å². The summed E-state index contributed by atoms with van der Waals surface area (Å²) < 4.78 is 10.8. The van der Waals surface area contributed by atoms with Gasteiger partial charge in [-0.3, -0.25) is 9.59 Å². The number of amides is 2. The molecule has 27 heavy (non-hydrogen) atoms. The number of hydrogen-bond donors (Lipinski definition) is 2. The van der Waals surface area contributed by atoms with Crippen LogP contribution in [0, 0.1) is 13.8 Å². The van der Waals surface area contributed by atoms with E-state index < -0.39 is 0 Å². The molecule has 2 heterocycles. The molecule has 0 unspecified atom stereocenters. The highest BCUT2D eigenvalue weighted by atomic mass is 16.5. The van der Waals surface area contributed by atoms with Crippen molar-refractivity contribution in [3.05, 3.63) is 64.7 Å². The minimum absolute atomic E-state index is 0.0225. The maximum atomic E-state index is 12.6. The molecule has 1 aliphatic heterocycles. The van der Waals surface area contributed by atoms with Gasteiger partial charge >= 0.3 is 0 Å². The van der Waals surface area contributed by atoms with Gasteiger partial charge in [0.05, 0.1) is 12.4 Å². The van der Waals surface area contributed by atoms with Gasteiger partial charge in [-0.25, -0.2) is 0 Å². The predicted octanol–water partition coefficient (Wildman–Crippen LogP) is 2.96. The summed E-state index contributed by atoms with van der Waals surface area (Å²) in [7, 11) is 0. The maximum Gasteiger partial charge on any atom is 0.268 e. The van der Waals surface area contributed by atoms with Crippen LogP contribution in [0.15, 0.2) is 46.7 Å². The van der Waals surface area contributed by atoms with E-state index in [1.54, 1.807) is 24.3 Å². The first-order valence-corrected chi connectivity index (χ1v) is 9.06. The fraction of sp³-hybridized carbons (Fsp3) is 0.333. The van der Waals surface area contributed by atoms with Crippen LogP contribution in [-0.2, 0) is 9.53 Å². The number of rotatable bonds is 6. The Hall–Kier alpha value is -2.86. The van der Waals surface area contributed by atoms with Crippen molar-refractivity contribution in [3.63, 3.8) is 0 Å². The Bertz CT molecular complexity index is 834. The van der Waals surface area contributed by atoms with E-state index in [1.165, 1.54) is 12.3 Å². The van der Waals surface area contributed by atoms with Crippen molar-refractivity contribution in [3.8, 4) is 0 Å². The molecule has 1 aliphatic rings. The van der Waals surface area contributed by atoms with Crippen LogP contribution >= 0.6 is 0 Å².